The molecule has 1 atom stereocenters. The van der Waals surface area contributed by atoms with Gasteiger partial charge in [-0.1, -0.05) is 0 Å². The van der Waals surface area contributed by atoms with E-state index in [2.05, 4.69) is 0 Å². The number of anilines is 1. The fraction of sp³-hybridized carbons (Fsp3) is 0.417. The molecule has 0 heterocycles. The molecule has 7 heteroatoms. The molecule has 0 aromatic heterocycles. The first-order valence-electron chi connectivity index (χ1n) is 5.73. The van der Waals surface area contributed by atoms with Gasteiger partial charge in [0.2, 0.25) is 10.0 Å². The van der Waals surface area contributed by atoms with Crippen molar-refractivity contribution in [1.29, 1.82) is 5.26 Å². The number of sulfonamides is 1. The van der Waals surface area contributed by atoms with Gasteiger partial charge in [0.1, 0.15) is 4.90 Å². The number of aliphatic hydroxyl groups excluding tert-OH is 1. The zero-order valence-electron chi connectivity index (χ0n) is 10.9. The SMILES string of the molecule is CC(O)CCN(C)S(=O)(=O)c1ccc(C#N)cc1N. The van der Waals surface area contributed by atoms with Crippen LogP contribution in [0.2, 0.25) is 0 Å². The first-order valence-corrected chi connectivity index (χ1v) is 7.17. The van der Waals surface area contributed by atoms with Gasteiger partial charge in [0, 0.05) is 13.6 Å². The highest BCUT2D eigenvalue weighted by molar-refractivity contribution is 7.89. The van der Waals surface area contributed by atoms with E-state index in [1.165, 1.54) is 25.2 Å². The standard InChI is InChI=1S/C12H17N3O3S/c1-9(16)5-6-15(2)19(17,18)12-4-3-10(8-13)7-11(12)14/h3-4,7,9,16H,5-6,14H2,1-2H3. The van der Waals surface area contributed by atoms with Gasteiger partial charge in [0.25, 0.3) is 0 Å². The zero-order valence-corrected chi connectivity index (χ0v) is 11.7. The summed E-state index contributed by atoms with van der Waals surface area (Å²) in [5.74, 6) is 0. The molecular formula is C12H17N3O3S. The molecule has 0 amide bonds. The van der Waals surface area contributed by atoms with E-state index in [0.29, 0.717) is 12.0 Å². The van der Waals surface area contributed by atoms with Crippen LogP contribution in [0.1, 0.15) is 18.9 Å². The average Bonchev–Trinajstić information content (AvgIpc) is 2.35. The van der Waals surface area contributed by atoms with Gasteiger partial charge in [-0.2, -0.15) is 5.26 Å². The van der Waals surface area contributed by atoms with Gasteiger partial charge in [-0.3, -0.25) is 0 Å². The quantitative estimate of drug-likeness (QED) is 0.766. The summed E-state index contributed by atoms with van der Waals surface area (Å²) in [6.07, 6.45) is -0.234. The van der Waals surface area contributed by atoms with Crippen LogP contribution in [-0.4, -0.2) is 37.5 Å². The number of rotatable bonds is 5. The molecule has 6 nitrogen and oxygen atoms in total. The second-order valence-electron chi connectivity index (χ2n) is 4.33. The van der Waals surface area contributed by atoms with Gasteiger partial charge in [-0.05, 0) is 31.5 Å². The van der Waals surface area contributed by atoms with Gasteiger partial charge < -0.3 is 10.8 Å². The van der Waals surface area contributed by atoms with Gasteiger partial charge in [-0.15, -0.1) is 0 Å². The third-order valence-electron chi connectivity index (χ3n) is 2.69. The molecule has 19 heavy (non-hydrogen) atoms. The number of hydrogen-bond donors (Lipinski definition) is 2. The number of nitrogens with two attached hydrogens (primary N) is 1. The van der Waals surface area contributed by atoms with Crippen molar-refractivity contribution in [3.8, 4) is 6.07 Å². The van der Waals surface area contributed by atoms with Crippen molar-refractivity contribution >= 4 is 15.7 Å². The highest BCUT2D eigenvalue weighted by Gasteiger charge is 2.23. The molecule has 1 unspecified atom stereocenters. The van der Waals surface area contributed by atoms with Crippen molar-refractivity contribution in [2.24, 2.45) is 0 Å². The lowest BCUT2D eigenvalue weighted by Gasteiger charge is -2.19. The van der Waals surface area contributed by atoms with Gasteiger partial charge in [-0.25, -0.2) is 12.7 Å². The normalized spacial score (nSPS) is 13.2. The summed E-state index contributed by atoms with van der Waals surface area (Å²) in [6, 6.07) is 5.95. The molecule has 3 N–H and O–H groups in total. The van der Waals surface area contributed by atoms with Gasteiger partial charge >= 0.3 is 0 Å². The molecule has 0 saturated carbocycles. The van der Waals surface area contributed by atoms with Crippen molar-refractivity contribution in [3.05, 3.63) is 23.8 Å². The third-order valence-corrected chi connectivity index (χ3v) is 4.62. The Morgan fingerprint density at radius 2 is 2.16 bits per heavy atom. The summed E-state index contributed by atoms with van der Waals surface area (Å²) in [5.41, 5.74) is 6.02. The Hall–Kier alpha value is -1.62. The zero-order chi connectivity index (χ0) is 14.6. The van der Waals surface area contributed by atoms with E-state index in [0.717, 1.165) is 4.31 Å². The molecule has 1 aromatic rings. The number of nitriles is 1. The predicted octanol–water partition coefficient (Wildman–Crippen LogP) is 0.532. The average molecular weight is 283 g/mol. The van der Waals surface area contributed by atoms with Crippen LogP contribution in [0.5, 0.6) is 0 Å². The minimum Gasteiger partial charge on any atom is -0.398 e. The van der Waals surface area contributed by atoms with Crippen molar-refractivity contribution in [2.45, 2.75) is 24.3 Å². The summed E-state index contributed by atoms with van der Waals surface area (Å²) < 4.78 is 25.6. The van der Waals surface area contributed by atoms with Crippen LogP contribution in [-0.2, 0) is 10.0 Å². The summed E-state index contributed by atoms with van der Waals surface area (Å²) in [6.45, 7) is 1.79. The first kappa shape index (κ1) is 15.4. The molecule has 1 aromatic carbocycles. The van der Waals surface area contributed by atoms with Crippen LogP contribution in [0.3, 0.4) is 0 Å². The Bertz CT molecular complexity index is 591. The largest absolute Gasteiger partial charge is 0.398 e. The number of aliphatic hydroxyl groups is 1. The topological polar surface area (TPSA) is 107 Å². The third kappa shape index (κ3) is 3.67. The fourth-order valence-electron chi connectivity index (χ4n) is 1.51. The van der Waals surface area contributed by atoms with E-state index in [4.69, 9.17) is 11.0 Å². The number of hydrogen-bond acceptors (Lipinski definition) is 5. The maximum atomic E-state index is 12.2. The second kappa shape index (κ2) is 6.02. The van der Waals surface area contributed by atoms with Gasteiger partial charge in [0.15, 0.2) is 0 Å². The lowest BCUT2D eigenvalue weighted by molar-refractivity contribution is 0.177. The summed E-state index contributed by atoms with van der Waals surface area (Å²) in [4.78, 5) is -0.0282. The maximum absolute atomic E-state index is 12.2. The number of nitrogen functional groups attached to an aromatic ring is 1. The van der Waals surface area contributed by atoms with E-state index < -0.39 is 16.1 Å². The summed E-state index contributed by atoms with van der Waals surface area (Å²) >= 11 is 0. The van der Waals surface area contributed by atoms with E-state index in [9.17, 15) is 13.5 Å². The molecule has 0 spiro atoms. The van der Waals surface area contributed by atoms with E-state index >= 15 is 0 Å². The Morgan fingerprint density at radius 1 is 1.53 bits per heavy atom. The Balaban J connectivity index is 3.04. The van der Waals surface area contributed by atoms with Crippen molar-refractivity contribution in [3.63, 3.8) is 0 Å². The molecule has 104 valence electrons. The predicted molar refractivity (Wildman–Crippen MR) is 71.7 cm³/mol. The van der Waals surface area contributed by atoms with Crippen LogP contribution in [0.4, 0.5) is 5.69 Å². The Morgan fingerprint density at radius 3 is 2.63 bits per heavy atom. The molecule has 0 radical (unpaired) electrons. The van der Waals surface area contributed by atoms with Crippen LogP contribution in [0.25, 0.3) is 0 Å². The summed E-state index contributed by atoms with van der Waals surface area (Å²) in [5, 5.41) is 17.9. The number of nitrogens with zero attached hydrogens (tertiary/aromatic N) is 2. The van der Waals surface area contributed by atoms with E-state index in [1.807, 2.05) is 6.07 Å². The highest BCUT2D eigenvalue weighted by Crippen LogP contribution is 2.22. The van der Waals surface area contributed by atoms with Crippen molar-refractivity contribution < 1.29 is 13.5 Å². The Labute approximate surface area is 113 Å². The molecule has 1 rings (SSSR count). The highest BCUT2D eigenvalue weighted by atomic mass is 32.2. The van der Waals surface area contributed by atoms with Crippen molar-refractivity contribution in [2.75, 3.05) is 19.3 Å². The smallest absolute Gasteiger partial charge is 0.244 e. The Kier molecular flexibility index (Phi) is 4.89. The molecule has 0 bridgehead atoms. The minimum atomic E-state index is -3.70. The van der Waals surface area contributed by atoms with E-state index in [-0.39, 0.29) is 17.1 Å². The van der Waals surface area contributed by atoms with Crippen molar-refractivity contribution in [1.82, 2.24) is 4.31 Å². The fourth-order valence-corrected chi connectivity index (χ4v) is 2.79. The molecule has 0 aliphatic heterocycles. The molecular weight excluding hydrogens is 266 g/mol. The van der Waals surface area contributed by atoms with Crippen LogP contribution >= 0.6 is 0 Å². The molecule has 0 saturated heterocycles. The molecule has 0 aliphatic carbocycles. The lowest BCUT2D eigenvalue weighted by atomic mass is 10.2. The number of benzene rings is 1. The maximum Gasteiger partial charge on any atom is 0.244 e. The lowest BCUT2D eigenvalue weighted by Crippen LogP contribution is -2.30. The van der Waals surface area contributed by atoms with Gasteiger partial charge in [0.05, 0.1) is 23.4 Å². The summed E-state index contributed by atoms with van der Waals surface area (Å²) in [7, 11) is -2.28. The van der Waals surface area contributed by atoms with E-state index in [1.54, 1.807) is 6.92 Å². The molecule has 0 fully saturated rings. The van der Waals surface area contributed by atoms with Crippen LogP contribution < -0.4 is 5.73 Å². The first-order chi connectivity index (χ1) is 8.78. The molecule has 0 aliphatic rings. The monoisotopic (exact) mass is 283 g/mol. The van der Waals surface area contributed by atoms with Crippen LogP contribution in [0.15, 0.2) is 23.1 Å². The minimum absolute atomic E-state index is 0.0282. The van der Waals surface area contributed by atoms with Crippen LogP contribution in [0, 0.1) is 11.3 Å². The second-order valence-corrected chi connectivity index (χ2v) is 6.34.